The van der Waals surface area contributed by atoms with Gasteiger partial charge in [0, 0.05) is 13.1 Å². The topological polar surface area (TPSA) is 84.2 Å². The SMILES string of the molecule is CCc1ccc(N2C(=O)C[C@@H](N3CCC(n4nnc(-c5cccs5)n4)CC3)C2=O)cc1. The summed E-state index contributed by atoms with van der Waals surface area (Å²) in [7, 11) is 0. The molecule has 2 aromatic heterocycles. The lowest BCUT2D eigenvalue weighted by atomic mass is 10.0. The Morgan fingerprint density at radius 2 is 1.87 bits per heavy atom. The molecular formula is C22H24N6O2S. The highest BCUT2D eigenvalue weighted by atomic mass is 32.1. The van der Waals surface area contributed by atoms with E-state index < -0.39 is 0 Å². The van der Waals surface area contributed by atoms with Crippen LogP contribution in [0.25, 0.3) is 10.7 Å². The average Bonchev–Trinajstić information content (AvgIpc) is 3.55. The van der Waals surface area contributed by atoms with Crippen molar-refractivity contribution in [1.29, 1.82) is 0 Å². The van der Waals surface area contributed by atoms with Crippen LogP contribution in [0.15, 0.2) is 41.8 Å². The zero-order chi connectivity index (χ0) is 21.4. The molecule has 160 valence electrons. The molecule has 2 aliphatic rings. The molecule has 2 fully saturated rings. The number of hydrogen-bond donors (Lipinski definition) is 0. The van der Waals surface area contributed by atoms with Crippen LogP contribution in [0.3, 0.4) is 0 Å². The minimum atomic E-state index is -0.385. The Hall–Kier alpha value is -2.91. The van der Waals surface area contributed by atoms with Crippen LogP contribution in [-0.2, 0) is 16.0 Å². The maximum atomic E-state index is 13.1. The molecule has 0 unspecified atom stereocenters. The van der Waals surface area contributed by atoms with Crippen molar-refractivity contribution in [3.05, 3.63) is 47.3 Å². The number of tetrazole rings is 1. The molecule has 0 saturated carbocycles. The second-order valence-corrected chi connectivity index (χ2v) is 8.93. The van der Waals surface area contributed by atoms with Crippen LogP contribution in [-0.4, -0.2) is 56.1 Å². The molecule has 0 bridgehead atoms. The van der Waals surface area contributed by atoms with Crippen molar-refractivity contribution in [3.63, 3.8) is 0 Å². The molecule has 0 aliphatic carbocycles. The standard InChI is InChI=1S/C22H24N6O2S/c1-2-15-5-7-16(8-6-15)27-20(29)14-18(22(27)30)26-11-9-17(10-12-26)28-24-21(23-25-28)19-4-3-13-31-19/h3-8,13,17-18H,2,9-12,14H2,1H3/t18-/m1/s1. The van der Waals surface area contributed by atoms with Crippen LogP contribution >= 0.6 is 11.3 Å². The minimum absolute atomic E-state index is 0.119. The lowest BCUT2D eigenvalue weighted by Crippen LogP contribution is -2.46. The summed E-state index contributed by atoms with van der Waals surface area (Å²) in [6.45, 7) is 3.54. The van der Waals surface area contributed by atoms with E-state index in [2.05, 4.69) is 27.2 Å². The summed E-state index contributed by atoms with van der Waals surface area (Å²) in [5.74, 6) is 0.408. The van der Waals surface area contributed by atoms with Crippen molar-refractivity contribution in [2.24, 2.45) is 0 Å². The Labute approximate surface area is 184 Å². The van der Waals surface area contributed by atoms with E-state index in [1.807, 2.05) is 41.8 Å². The maximum Gasteiger partial charge on any atom is 0.251 e. The highest BCUT2D eigenvalue weighted by Crippen LogP contribution is 2.30. The first kappa shape index (κ1) is 20.0. The number of nitrogens with zero attached hydrogens (tertiary/aromatic N) is 6. The number of benzene rings is 1. The number of aryl methyl sites for hydroxylation is 1. The average molecular weight is 437 g/mol. The zero-order valence-electron chi connectivity index (χ0n) is 17.3. The molecule has 3 aromatic rings. The smallest absolute Gasteiger partial charge is 0.251 e. The number of carbonyl (C=O) groups is 2. The van der Waals surface area contributed by atoms with Crippen LogP contribution in [0.2, 0.25) is 0 Å². The van der Waals surface area contributed by atoms with E-state index in [-0.39, 0.29) is 30.3 Å². The fourth-order valence-electron chi connectivity index (χ4n) is 4.37. The van der Waals surface area contributed by atoms with Gasteiger partial charge < -0.3 is 0 Å². The molecule has 8 nitrogen and oxygen atoms in total. The van der Waals surface area contributed by atoms with Gasteiger partial charge in [0.1, 0.15) is 0 Å². The molecule has 31 heavy (non-hydrogen) atoms. The van der Waals surface area contributed by atoms with E-state index in [1.165, 1.54) is 10.5 Å². The third-order valence-corrected chi connectivity index (χ3v) is 7.03. The highest BCUT2D eigenvalue weighted by Gasteiger charge is 2.43. The molecule has 2 saturated heterocycles. The Morgan fingerprint density at radius 1 is 1.10 bits per heavy atom. The molecule has 5 rings (SSSR count). The normalized spacial score (nSPS) is 20.7. The fourth-order valence-corrected chi connectivity index (χ4v) is 5.01. The first-order chi connectivity index (χ1) is 15.1. The number of amides is 2. The Balaban J connectivity index is 1.23. The van der Waals surface area contributed by atoms with Gasteiger partial charge in [0.25, 0.3) is 5.91 Å². The van der Waals surface area contributed by atoms with E-state index in [0.717, 1.165) is 37.2 Å². The quantitative estimate of drug-likeness (QED) is 0.572. The zero-order valence-corrected chi connectivity index (χ0v) is 18.2. The summed E-state index contributed by atoms with van der Waals surface area (Å²) >= 11 is 1.59. The van der Waals surface area contributed by atoms with Crippen LogP contribution < -0.4 is 4.90 Å². The van der Waals surface area contributed by atoms with Gasteiger partial charge in [-0.1, -0.05) is 25.1 Å². The molecule has 4 heterocycles. The number of thiophene rings is 1. The van der Waals surface area contributed by atoms with Gasteiger partial charge in [-0.3, -0.25) is 14.5 Å². The number of likely N-dealkylation sites (tertiary alicyclic amines) is 1. The van der Waals surface area contributed by atoms with Gasteiger partial charge in [-0.2, -0.15) is 4.80 Å². The molecule has 1 aromatic carbocycles. The van der Waals surface area contributed by atoms with Crippen molar-refractivity contribution in [1.82, 2.24) is 25.1 Å². The number of rotatable bonds is 5. The molecule has 2 amide bonds. The lowest BCUT2D eigenvalue weighted by Gasteiger charge is -2.34. The molecule has 2 aliphatic heterocycles. The monoisotopic (exact) mass is 436 g/mol. The Bertz CT molecular complexity index is 1070. The predicted molar refractivity (Wildman–Crippen MR) is 118 cm³/mol. The Kier molecular flexibility index (Phi) is 5.37. The Morgan fingerprint density at radius 3 is 2.55 bits per heavy atom. The van der Waals surface area contributed by atoms with Crippen molar-refractivity contribution in [3.8, 4) is 10.7 Å². The molecular weight excluding hydrogens is 412 g/mol. The molecule has 0 spiro atoms. The summed E-state index contributed by atoms with van der Waals surface area (Å²) < 4.78 is 0. The first-order valence-corrected chi connectivity index (χ1v) is 11.5. The van der Waals surface area contributed by atoms with E-state index >= 15 is 0 Å². The van der Waals surface area contributed by atoms with Gasteiger partial charge >= 0.3 is 0 Å². The number of anilines is 1. The highest BCUT2D eigenvalue weighted by molar-refractivity contribution is 7.13. The van der Waals surface area contributed by atoms with Gasteiger partial charge in [0.2, 0.25) is 11.7 Å². The largest absolute Gasteiger partial charge is 0.291 e. The number of hydrogen-bond acceptors (Lipinski definition) is 7. The fraction of sp³-hybridized carbons (Fsp3) is 0.409. The maximum absolute atomic E-state index is 13.1. The number of carbonyl (C=O) groups excluding carboxylic acids is 2. The van der Waals surface area contributed by atoms with Gasteiger partial charge in [-0.05, 0) is 53.6 Å². The number of piperidine rings is 1. The van der Waals surface area contributed by atoms with E-state index in [4.69, 9.17) is 0 Å². The summed E-state index contributed by atoms with van der Waals surface area (Å²) in [6.07, 6.45) is 2.81. The van der Waals surface area contributed by atoms with Gasteiger partial charge in [0.05, 0.1) is 29.1 Å². The third kappa shape index (κ3) is 3.79. The number of aromatic nitrogens is 4. The van der Waals surface area contributed by atoms with Crippen LogP contribution in [0.1, 0.15) is 37.8 Å². The van der Waals surface area contributed by atoms with Crippen LogP contribution in [0, 0.1) is 0 Å². The summed E-state index contributed by atoms with van der Waals surface area (Å²) in [6, 6.07) is 11.4. The second-order valence-electron chi connectivity index (χ2n) is 7.99. The van der Waals surface area contributed by atoms with Crippen LogP contribution in [0.4, 0.5) is 5.69 Å². The molecule has 1 atom stereocenters. The second kappa shape index (κ2) is 8.32. The van der Waals surface area contributed by atoms with Crippen molar-refractivity contribution >= 4 is 28.8 Å². The molecule has 0 N–H and O–H groups in total. The van der Waals surface area contributed by atoms with E-state index in [1.54, 1.807) is 16.1 Å². The number of imide groups is 1. The van der Waals surface area contributed by atoms with Gasteiger partial charge in [-0.25, -0.2) is 4.90 Å². The van der Waals surface area contributed by atoms with Crippen molar-refractivity contribution < 1.29 is 9.59 Å². The van der Waals surface area contributed by atoms with E-state index in [9.17, 15) is 9.59 Å². The summed E-state index contributed by atoms with van der Waals surface area (Å²) in [5.41, 5.74) is 1.85. The van der Waals surface area contributed by atoms with Gasteiger partial charge in [0.15, 0.2) is 0 Å². The summed E-state index contributed by atoms with van der Waals surface area (Å²) in [5, 5.41) is 15.0. The minimum Gasteiger partial charge on any atom is -0.291 e. The van der Waals surface area contributed by atoms with E-state index in [0.29, 0.717) is 11.5 Å². The van der Waals surface area contributed by atoms with Gasteiger partial charge in [-0.15, -0.1) is 21.5 Å². The molecule has 9 heteroatoms. The molecule has 0 radical (unpaired) electrons. The van der Waals surface area contributed by atoms with Crippen molar-refractivity contribution in [2.45, 2.75) is 44.7 Å². The predicted octanol–water partition coefficient (Wildman–Crippen LogP) is 2.93. The van der Waals surface area contributed by atoms with Crippen LogP contribution in [0.5, 0.6) is 0 Å². The third-order valence-electron chi connectivity index (χ3n) is 6.16. The first-order valence-electron chi connectivity index (χ1n) is 10.7. The summed E-state index contributed by atoms with van der Waals surface area (Å²) in [4.78, 5) is 31.9. The van der Waals surface area contributed by atoms with Crippen molar-refractivity contribution in [2.75, 3.05) is 18.0 Å². The lowest BCUT2D eigenvalue weighted by molar-refractivity contribution is -0.123.